The summed E-state index contributed by atoms with van der Waals surface area (Å²) in [6, 6.07) is 6.75. The molecule has 0 atom stereocenters. The Morgan fingerprint density at radius 2 is 1.82 bits per heavy atom. The van der Waals surface area contributed by atoms with E-state index in [-0.39, 0.29) is 11.4 Å². The number of benzene rings is 1. The van der Waals surface area contributed by atoms with Crippen molar-refractivity contribution in [2.45, 2.75) is 25.8 Å². The van der Waals surface area contributed by atoms with Crippen LogP contribution in [0.1, 0.15) is 19.4 Å². The Bertz CT molecular complexity index is 333. The number of hydrogen-bond acceptors (Lipinski definition) is 2. The summed E-state index contributed by atoms with van der Waals surface area (Å²) in [5.41, 5.74) is 1.31. The van der Waals surface area contributed by atoms with Crippen LogP contribution in [-0.4, -0.2) is 37.6 Å². The lowest BCUT2D eigenvalue weighted by Gasteiger charge is -2.35. The molecule has 0 heterocycles. The second kappa shape index (κ2) is 6.12. The van der Waals surface area contributed by atoms with Gasteiger partial charge >= 0.3 is 0 Å². The van der Waals surface area contributed by atoms with E-state index in [1.807, 2.05) is 19.2 Å². The first-order valence-corrected chi connectivity index (χ1v) is 6.06. The summed E-state index contributed by atoms with van der Waals surface area (Å²) in [6.45, 7) is 6.36. The van der Waals surface area contributed by atoms with Gasteiger partial charge in [0.1, 0.15) is 5.82 Å². The molecule has 0 aliphatic rings. The summed E-state index contributed by atoms with van der Waals surface area (Å²) in [6.07, 6.45) is 0.948. The van der Waals surface area contributed by atoms with Crippen LogP contribution in [0.4, 0.5) is 4.39 Å². The third kappa shape index (κ3) is 4.44. The van der Waals surface area contributed by atoms with Crippen LogP contribution in [-0.2, 0) is 6.42 Å². The van der Waals surface area contributed by atoms with Crippen molar-refractivity contribution in [3.05, 3.63) is 35.6 Å². The third-order valence-electron chi connectivity index (χ3n) is 3.29. The summed E-state index contributed by atoms with van der Waals surface area (Å²) < 4.78 is 12.8. The van der Waals surface area contributed by atoms with E-state index in [0.717, 1.165) is 19.5 Å². The van der Waals surface area contributed by atoms with Gasteiger partial charge in [-0.15, -0.1) is 0 Å². The average Bonchev–Trinajstić information content (AvgIpc) is 2.27. The van der Waals surface area contributed by atoms with Crippen LogP contribution >= 0.6 is 0 Å². The number of nitrogens with zero attached hydrogens (tertiary/aromatic N) is 1. The fraction of sp³-hybridized carbons (Fsp3) is 0.571. The van der Waals surface area contributed by atoms with E-state index in [9.17, 15) is 4.39 Å². The minimum atomic E-state index is -0.169. The van der Waals surface area contributed by atoms with Gasteiger partial charge in [-0.3, -0.25) is 4.90 Å². The molecule has 0 amide bonds. The standard InChI is InChI=1S/C14H23FN2/c1-14(2,11-16-3)17(4)10-9-12-5-7-13(15)8-6-12/h5-8,16H,9-11H2,1-4H3. The van der Waals surface area contributed by atoms with E-state index in [1.54, 1.807) is 0 Å². The van der Waals surface area contributed by atoms with E-state index in [2.05, 4.69) is 31.1 Å². The van der Waals surface area contributed by atoms with Gasteiger partial charge in [-0.25, -0.2) is 4.39 Å². The highest BCUT2D eigenvalue weighted by Crippen LogP contribution is 2.12. The fourth-order valence-electron chi connectivity index (χ4n) is 1.82. The minimum absolute atomic E-state index is 0.134. The SMILES string of the molecule is CNCC(C)(C)N(C)CCc1ccc(F)cc1. The Morgan fingerprint density at radius 1 is 1.24 bits per heavy atom. The minimum Gasteiger partial charge on any atom is -0.318 e. The van der Waals surface area contributed by atoms with Gasteiger partial charge in [-0.05, 0) is 52.1 Å². The molecule has 2 nitrogen and oxygen atoms in total. The fourth-order valence-corrected chi connectivity index (χ4v) is 1.82. The van der Waals surface area contributed by atoms with Gasteiger partial charge in [0.25, 0.3) is 0 Å². The van der Waals surface area contributed by atoms with Gasteiger partial charge < -0.3 is 5.32 Å². The Kier molecular flexibility index (Phi) is 5.09. The topological polar surface area (TPSA) is 15.3 Å². The van der Waals surface area contributed by atoms with Crippen molar-refractivity contribution in [3.63, 3.8) is 0 Å². The number of hydrogen-bond donors (Lipinski definition) is 1. The van der Waals surface area contributed by atoms with Crippen LogP contribution in [0.2, 0.25) is 0 Å². The molecule has 0 saturated heterocycles. The zero-order chi connectivity index (χ0) is 12.9. The van der Waals surface area contributed by atoms with Gasteiger partial charge in [-0.2, -0.15) is 0 Å². The highest BCUT2D eigenvalue weighted by Gasteiger charge is 2.21. The van der Waals surface area contributed by atoms with Crippen molar-refractivity contribution >= 4 is 0 Å². The van der Waals surface area contributed by atoms with E-state index >= 15 is 0 Å². The number of likely N-dealkylation sites (N-methyl/N-ethyl adjacent to an activating group) is 2. The summed E-state index contributed by atoms with van der Waals surface area (Å²) in [5.74, 6) is -0.169. The quantitative estimate of drug-likeness (QED) is 0.818. The van der Waals surface area contributed by atoms with Crippen molar-refractivity contribution in [1.29, 1.82) is 0 Å². The lowest BCUT2D eigenvalue weighted by Crippen LogP contribution is -2.48. The smallest absolute Gasteiger partial charge is 0.123 e. The van der Waals surface area contributed by atoms with E-state index < -0.39 is 0 Å². The van der Waals surface area contributed by atoms with Crippen molar-refractivity contribution < 1.29 is 4.39 Å². The summed E-state index contributed by atoms with van der Waals surface area (Å²) in [7, 11) is 4.09. The van der Waals surface area contributed by atoms with Crippen LogP contribution in [0.3, 0.4) is 0 Å². The Hall–Kier alpha value is -0.930. The lowest BCUT2D eigenvalue weighted by molar-refractivity contribution is 0.157. The van der Waals surface area contributed by atoms with Crippen LogP contribution in [0.5, 0.6) is 0 Å². The largest absolute Gasteiger partial charge is 0.318 e. The second-order valence-electron chi connectivity index (χ2n) is 5.14. The van der Waals surface area contributed by atoms with Crippen LogP contribution in [0.25, 0.3) is 0 Å². The molecule has 0 radical (unpaired) electrons. The molecule has 3 heteroatoms. The summed E-state index contributed by atoms with van der Waals surface area (Å²) in [5, 5.41) is 3.20. The highest BCUT2D eigenvalue weighted by molar-refractivity contribution is 5.16. The Balaban J connectivity index is 2.47. The maximum Gasteiger partial charge on any atom is 0.123 e. The van der Waals surface area contributed by atoms with Crippen LogP contribution in [0.15, 0.2) is 24.3 Å². The van der Waals surface area contributed by atoms with E-state index in [4.69, 9.17) is 0 Å². The predicted molar refractivity (Wildman–Crippen MR) is 70.7 cm³/mol. The van der Waals surface area contributed by atoms with E-state index in [1.165, 1.54) is 17.7 Å². The van der Waals surface area contributed by atoms with Crippen LogP contribution in [0, 0.1) is 5.82 Å². The van der Waals surface area contributed by atoms with Crippen molar-refractivity contribution in [2.24, 2.45) is 0 Å². The molecule has 0 fully saturated rings. The van der Waals surface area contributed by atoms with Gasteiger partial charge in [0.2, 0.25) is 0 Å². The third-order valence-corrected chi connectivity index (χ3v) is 3.29. The average molecular weight is 238 g/mol. The Morgan fingerprint density at radius 3 is 2.35 bits per heavy atom. The molecule has 17 heavy (non-hydrogen) atoms. The molecule has 0 bridgehead atoms. The highest BCUT2D eigenvalue weighted by atomic mass is 19.1. The van der Waals surface area contributed by atoms with Crippen molar-refractivity contribution in [2.75, 3.05) is 27.2 Å². The molecule has 0 aliphatic carbocycles. The van der Waals surface area contributed by atoms with Gasteiger partial charge in [0.05, 0.1) is 0 Å². The molecule has 96 valence electrons. The normalized spacial score (nSPS) is 12.1. The molecular weight excluding hydrogens is 215 g/mol. The molecular formula is C14H23FN2. The van der Waals surface area contributed by atoms with Gasteiger partial charge in [0.15, 0.2) is 0 Å². The molecule has 1 N–H and O–H groups in total. The molecule has 0 saturated carbocycles. The number of halogens is 1. The van der Waals surface area contributed by atoms with E-state index in [0.29, 0.717) is 0 Å². The first-order chi connectivity index (χ1) is 7.95. The van der Waals surface area contributed by atoms with Crippen molar-refractivity contribution in [3.8, 4) is 0 Å². The van der Waals surface area contributed by atoms with Gasteiger partial charge in [-0.1, -0.05) is 12.1 Å². The zero-order valence-electron chi connectivity index (χ0n) is 11.3. The molecule has 1 aromatic carbocycles. The molecule has 0 aliphatic heterocycles. The van der Waals surface area contributed by atoms with Gasteiger partial charge in [0, 0.05) is 18.6 Å². The monoisotopic (exact) mass is 238 g/mol. The summed E-state index contributed by atoms with van der Waals surface area (Å²) in [4.78, 5) is 2.33. The Labute approximate surface area is 104 Å². The number of nitrogens with one attached hydrogen (secondary N) is 1. The summed E-state index contributed by atoms with van der Waals surface area (Å²) >= 11 is 0. The van der Waals surface area contributed by atoms with Crippen molar-refractivity contribution in [1.82, 2.24) is 10.2 Å². The second-order valence-corrected chi connectivity index (χ2v) is 5.14. The van der Waals surface area contributed by atoms with Crippen LogP contribution < -0.4 is 5.32 Å². The maximum atomic E-state index is 12.8. The predicted octanol–water partition coefficient (Wildman–Crippen LogP) is 2.30. The first-order valence-electron chi connectivity index (χ1n) is 6.06. The molecule has 0 spiro atoms. The first kappa shape index (κ1) is 14.1. The molecule has 0 unspecified atom stereocenters. The number of rotatable bonds is 6. The zero-order valence-corrected chi connectivity index (χ0v) is 11.3. The maximum absolute atomic E-state index is 12.8. The molecule has 1 aromatic rings. The molecule has 1 rings (SSSR count). The molecule has 0 aromatic heterocycles. The lowest BCUT2D eigenvalue weighted by atomic mass is 10.0.